The summed E-state index contributed by atoms with van der Waals surface area (Å²) in [6.07, 6.45) is 0. The molecule has 0 spiro atoms. The molecule has 0 fully saturated rings. The highest BCUT2D eigenvalue weighted by atomic mass is 32.2. The first-order valence-electron chi connectivity index (χ1n) is 10.3. The van der Waals surface area contributed by atoms with Crippen LogP contribution in [-0.4, -0.2) is 25.9 Å². The molecule has 1 aromatic heterocycles. The van der Waals surface area contributed by atoms with Crippen LogP contribution in [0.4, 0.5) is 10.1 Å². The highest BCUT2D eigenvalue weighted by Crippen LogP contribution is 2.29. The largest absolute Gasteiger partial charge is 0.324 e. The molecular formula is C25H20FN5OS. The van der Waals surface area contributed by atoms with Crippen molar-refractivity contribution in [3.8, 4) is 17.5 Å². The van der Waals surface area contributed by atoms with E-state index in [1.807, 2.05) is 34.9 Å². The highest BCUT2D eigenvalue weighted by molar-refractivity contribution is 8.00. The fourth-order valence-electron chi connectivity index (χ4n) is 3.26. The number of thioether (sulfide) groups is 1. The van der Waals surface area contributed by atoms with Gasteiger partial charge in [0.05, 0.1) is 28.6 Å². The number of nitriles is 1. The van der Waals surface area contributed by atoms with Crippen molar-refractivity contribution in [1.29, 1.82) is 5.26 Å². The lowest BCUT2D eigenvalue weighted by Crippen LogP contribution is -2.23. The molecule has 1 heterocycles. The number of benzene rings is 3. The molecule has 33 heavy (non-hydrogen) atoms. The normalized spacial score (nSPS) is 11.5. The number of anilines is 1. The Morgan fingerprint density at radius 1 is 1.06 bits per heavy atom. The Kier molecular flexibility index (Phi) is 6.81. The summed E-state index contributed by atoms with van der Waals surface area (Å²) in [7, 11) is 0. The number of carbonyl (C=O) groups excluding carboxylic acids is 1. The molecule has 0 saturated heterocycles. The molecule has 1 atom stereocenters. The van der Waals surface area contributed by atoms with Crippen molar-refractivity contribution < 1.29 is 9.18 Å². The van der Waals surface area contributed by atoms with Gasteiger partial charge in [-0.25, -0.2) is 4.39 Å². The third-order valence-electron chi connectivity index (χ3n) is 4.97. The van der Waals surface area contributed by atoms with Crippen molar-refractivity contribution in [2.45, 2.75) is 23.9 Å². The lowest BCUT2D eigenvalue weighted by molar-refractivity contribution is -0.115. The maximum atomic E-state index is 14.5. The van der Waals surface area contributed by atoms with E-state index < -0.39 is 11.1 Å². The van der Waals surface area contributed by atoms with Crippen LogP contribution in [0, 0.1) is 17.1 Å². The predicted molar refractivity (Wildman–Crippen MR) is 126 cm³/mol. The van der Waals surface area contributed by atoms with Gasteiger partial charge >= 0.3 is 0 Å². The number of carbonyl (C=O) groups is 1. The lowest BCUT2D eigenvalue weighted by atomic mass is 10.2. The minimum Gasteiger partial charge on any atom is -0.324 e. The maximum Gasteiger partial charge on any atom is 0.237 e. The molecule has 0 aliphatic heterocycles. The van der Waals surface area contributed by atoms with E-state index >= 15 is 0 Å². The second kappa shape index (κ2) is 10.1. The van der Waals surface area contributed by atoms with E-state index in [1.165, 1.54) is 17.8 Å². The first-order chi connectivity index (χ1) is 16.1. The standard InChI is InChI=1S/C25H20FN5OS/c1-17(24(32)28-22-14-8-5-11-19(22)15-27)33-25-30-29-23(20-12-6-7-13-21(20)26)31(25)16-18-9-3-2-4-10-18/h2-14,17H,16H2,1H3,(H,28,32)/t17-/m0/s1. The van der Waals surface area contributed by atoms with Crippen LogP contribution in [0.5, 0.6) is 0 Å². The van der Waals surface area contributed by atoms with Crippen molar-refractivity contribution in [2.24, 2.45) is 0 Å². The molecule has 1 amide bonds. The summed E-state index contributed by atoms with van der Waals surface area (Å²) in [5.74, 6) is -0.277. The minimum absolute atomic E-state index is 0.274. The number of rotatable bonds is 7. The molecule has 8 heteroatoms. The van der Waals surface area contributed by atoms with Crippen molar-refractivity contribution in [3.05, 3.63) is 95.8 Å². The van der Waals surface area contributed by atoms with E-state index in [0.29, 0.717) is 34.3 Å². The van der Waals surface area contributed by atoms with E-state index in [-0.39, 0.29) is 5.91 Å². The summed E-state index contributed by atoms with van der Waals surface area (Å²) in [4.78, 5) is 12.8. The van der Waals surface area contributed by atoms with Crippen LogP contribution < -0.4 is 5.32 Å². The zero-order valence-corrected chi connectivity index (χ0v) is 18.6. The SMILES string of the molecule is C[C@H](Sc1nnc(-c2ccccc2F)n1Cc1ccccc1)C(=O)Nc1ccccc1C#N. The fraction of sp³-hybridized carbons (Fsp3) is 0.120. The Morgan fingerprint density at radius 2 is 1.76 bits per heavy atom. The molecule has 3 aromatic carbocycles. The van der Waals surface area contributed by atoms with E-state index in [2.05, 4.69) is 21.6 Å². The van der Waals surface area contributed by atoms with Crippen LogP contribution >= 0.6 is 11.8 Å². The van der Waals surface area contributed by atoms with Gasteiger partial charge in [-0.2, -0.15) is 5.26 Å². The van der Waals surface area contributed by atoms with E-state index in [9.17, 15) is 14.4 Å². The zero-order chi connectivity index (χ0) is 23.2. The Morgan fingerprint density at radius 3 is 2.52 bits per heavy atom. The van der Waals surface area contributed by atoms with Gasteiger partial charge in [0.1, 0.15) is 11.9 Å². The topological polar surface area (TPSA) is 83.6 Å². The van der Waals surface area contributed by atoms with Gasteiger partial charge in [-0.1, -0.05) is 66.4 Å². The highest BCUT2D eigenvalue weighted by Gasteiger charge is 2.23. The number of hydrogen-bond acceptors (Lipinski definition) is 5. The molecule has 1 N–H and O–H groups in total. The summed E-state index contributed by atoms with van der Waals surface area (Å²) in [6, 6.07) is 25.0. The van der Waals surface area contributed by atoms with Crippen molar-refractivity contribution in [2.75, 3.05) is 5.32 Å². The Bertz CT molecular complexity index is 1320. The second-order valence-corrected chi connectivity index (χ2v) is 8.57. The Balaban J connectivity index is 1.62. The van der Waals surface area contributed by atoms with Gasteiger partial charge in [0.15, 0.2) is 11.0 Å². The molecule has 4 aromatic rings. The van der Waals surface area contributed by atoms with Gasteiger partial charge in [-0.15, -0.1) is 10.2 Å². The van der Waals surface area contributed by atoms with E-state index in [1.54, 1.807) is 49.4 Å². The van der Waals surface area contributed by atoms with E-state index in [0.717, 1.165) is 5.56 Å². The first kappa shape index (κ1) is 22.2. The third kappa shape index (κ3) is 5.10. The summed E-state index contributed by atoms with van der Waals surface area (Å²) in [5.41, 5.74) is 2.18. The second-order valence-electron chi connectivity index (χ2n) is 7.26. The van der Waals surface area contributed by atoms with Crippen molar-refractivity contribution in [3.63, 3.8) is 0 Å². The van der Waals surface area contributed by atoms with Crippen molar-refractivity contribution in [1.82, 2.24) is 14.8 Å². The Hall–Kier alpha value is -3.96. The molecular weight excluding hydrogens is 437 g/mol. The van der Waals surface area contributed by atoms with Crippen LogP contribution in [0.3, 0.4) is 0 Å². The van der Waals surface area contributed by atoms with Crippen LogP contribution in [-0.2, 0) is 11.3 Å². The number of halogens is 1. The molecule has 164 valence electrons. The molecule has 0 saturated carbocycles. The van der Waals surface area contributed by atoms with Gasteiger partial charge in [-0.05, 0) is 36.8 Å². The number of para-hydroxylation sites is 1. The average Bonchev–Trinajstić information content (AvgIpc) is 3.22. The maximum absolute atomic E-state index is 14.5. The van der Waals surface area contributed by atoms with Gasteiger partial charge in [0.25, 0.3) is 0 Å². The van der Waals surface area contributed by atoms with Crippen LogP contribution in [0.1, 0.15) is 18.1 Å². The Labute approximate surface area is 195 Å². The third-order valence-corrected chi connectivity index (χ3v) is 6.05. The lowest BCUT2D eigenvalue weighted by Gasteiger charge is -2.14. The van der Waals surface area contributed by atoms with Gasteiger partial charge in [0, 0.05) is 0 Å². The number of amides is 1. The summed E-state index contributed by atoms with van der Waals surface area (Å²) in [5, 5.41) is 20.5. The average molecular weight is 458 g/mol. The first-order valence-corrected chi connectivity index (χ1v) is 11.1. The number of aromatic nitrogens is 3. The van der Waals surface area contributed by atoms with Crippen LogP contribution in [0.2, 0.25) is 0 Å². The molecule has 4 rings (SSSR count). The van der Waals surface area contributed by atoms with Gasteiger partial charge in [-0.3, -0.25) is 9.36 Å². The summed E-state index contributed by atoms with van der Waals surface area (Å²) < 4.78 is 16.3. The smallest absolute Gasteiger partial charge is 0.237 e. The molecule has 0 aliphatic rings. The number of nitrogens with one attached hydrogen (secondary N) is 1. The summed E-state index contributed by atoms with van der Waals surface area (Å²) >= 11 is 1.22. The van der Waals surface area contributed by atoms with Crippen LogP contribution in [0.15, 0.2) is 84.0 Å². The molecule has 0 bridgehead atoms. The molecule has 0 unspecified atom stereocenters. The fourth-order valence-corrected chi connectivity index (χ4v) is 4.11. The minimum atomic E-state index is -0.538. The quantitative estimate of drug-likeness (QED) is 0.389. The van der Waals surface area contributed by atoms with Crippen molar-refractivity contribution >= 4 is 23.4 Å². The molecule has 0 aliphatic carbocycles. The number of hydrogen-bond donors (Lipinski definition) is 1. The monoisotopic (exact) mass is 457 g/mol. The molecule has 0 radical (unpaired) electrons. The molecule has 6 nitrogen and oxygen atoms in total. The van der Waals surface area contributed by atoms with E-state index in [4.69, 9.17) is 0 Å². The van der Waals surface area contributed by atoms with Gasteiger partial charge < -0.3 is 5.32 Å². The van der Waals surface area contributed by atoms with Crippen LogP contribution in [0.25, 0.3) is 11.4 Å². The zero-order valence-electron chi connectivity index (χ0n) is 17.8. The van der Waals surface area contributed by atoms with Gasteiger partial charge in [0.2, 0.25) is 5.91 Å². The summed E-state index contributed by atoms with van der Waals surface area (Å²) in [6.45, 7) is 2.17. The predicted octanol–water partition coefficient (Wildman–Crippen LogP) is 5.12. The number of nitrogens with zero attached hydrogens (tertiary/aromatic N) is 4.